The van der Waals surface area contributed by atoms with E-state index in [-0.39, 0.29) is 17.8 Å². The average molecular weight is 370 g/mol. The fourth-order valence-electron chi connectivity index (χ4n) is 2.75. The van der Waals surface area contributed by atoms with Gasteiger partial charge in [-0.2, -0.15) is 0 Å². The van der Waals surface area contributed by atoms with Crippen LogP contribution in [0.5, 0.6) is 5.75 Å². The third kappa shape index (κ3) is 4.39. The van der Waals surface area contributed by atoms with Crippen molar-refractivity contribution in [1.82, 2.24) is 5.32 Å². The lowest BCUT2D eigenvalue weighted by molar-refractivity contribution is 0.0153. The fraction of sp³-hybridized carbons (Fsp3) is 0.333. The Bertz CT molecular complexity index is 698. The number of nitrogens with one attached hydrogen (secondary N) is 1. The van der Waals surface area contributed by atoms with Gasteiger partial charge in [0.1, 0.15) is 11.6 Å². The van der Waals surface area contributed by atoms with Gasteiger partial charge in [0, 0.05) is 25.1 Å². The number of hydrogen-bond acceptors (Lipinski definition) is 3. The highest BCUT2D eigenvalue weighted by atomic mass is 35.5. The highest BCUT2D eigenvalue weighted by molar-refractivity contribution is 6.42. The van der Waals surface area contributed by atoms with E-state index >= 15 is 0 Å². The first-order chi connectivity index (χ1) is 11.6. The zero-order chi connectivity index (χ0) is 16.9. The molecule has 6 heteroatoms. The van der Waals surface area contributed by atoms with Gasteiger partial charge in [-0.1, -0.05) is 35.3 Å². The molecule has 1 aliphatic heterocycles. The number of ether oxygens (including phenoxy) is 2. The Morgan fingerprint density at radius 1 is 1.17 bits per heavy atom. The monoisotopic (exact) mass is 369 g/mol. The van der Waals surface area contributed by atoms with Crippen molar-refractivity contribution in [1.29, 1.82) is 0 Å². The average Bonchev–Trinajstić information content (AvgIpc) is 2.81. The highest BCUT2D eigenvalue weighted by Crippen LogP contribution is 2.32. The van der Waals surface area contributed by atoms with Gasteiger partial charge in [0.25, 0.3) is 0 Å². The van der Waals surface area contributed by atoms with Crippen LogP contribution in [0.3, 0.4) is 0 Å². The van der Waals surface area contributed by atoms with Gasteiger partial charge in [0.15, 0.2) is 0 Å². The Labute approximate surface area is 150 Å². The molecule has 0 spiro atoms. The van der Waals surface area contributed by atoms with E-state index in [1.165, 1.54) is 12.1 Å². The summed E-state index contributed by atoms with van der Waals surface area (Å²) in [5.41, 5.74) is 0.959. The van der Waals surface area contributed by atoms with Gasteiger partial charge in [-0.3, -0.25) is 0 Å². The van der Waals surface area contributed by atoms with Crippen molar-refractivity contribution in [2.24, 2.45) is 5.92 Å². The summed E-state index contributed by atoms with van der Waals surface area (Å²) in [6.45, 7) is 2.51. The van der Waals surface area contributed by atoms with Gasteiger partial charge >= 0.3 is 0 Å². The molecule has 0 aliphatic carbocycles. The topological polar surface area (TPSA) is 30.5 Å². The molecule has 3 rings (SSSR count). The molecule has 2 aromatic rings. The van der Waals surface area contributed by atoms with Crippen LogP contribution in [-0.2, 0) is 4.74 Å². The molecule has 1 fully saturated rings. The Balaban J connectivity index is 1.75. The van der Waals surface area contributed by atoms with E-state index in [0.717, 1.165) is 18.7 Å². The van der Waals surface area contributed by atoms with Crippen molar-refractivity contribution in [2.45, 2.75) is 6.10 Å². The van der Waals surface area contributed by atoms with E-state index in [1.54, 1.807) is 18.2 Å². The van der Waals surface area contributed by atoms with E-state index in [9.17, 15) is 4.39 Å². The summed E-state index contributed by atoms with van der Waals surface area (Å²) in [4.78, 5) is 0. The largest absolute Gasteiger partial charge is 0.493 e. The lowest BCUT2D eigenvalue weighted by Gasteiger charge is -2.25. The normalized spacial score (nSPS) is 21.3. The van der Waals surface area contributed by atoms with Crippen LogP contribution in [0.4, 0.5) is 4.39 Å². The van der Waals surface area contributed by atoms with E-state index in [2.05, 4.69) is 5.32 Å². The van der Waals surface area contributed by atoms with E-state index in [0.29, 0.717) is 29.0 Å². The molecule has 3 nitrogen and oxygen atoms in total. The minimum atomic E-state index is -0.316. The Morgan fingerprint density at radius 3 is 2.83 bits per heavy atom. The van der Waals surface area contributed by atoms with Gasteiger partial charge in [-0.15, -0.1) is 0 Å². The molecule has 0 bridgehead atoms. The third-order valence-corrected chi connectivity index (χ3v) is 4.68. The summed E-state index contributed by atoms with van der Waals surface area (Å²) in [6, 6.07) is 11.6. The maximum Gasteiger partial charge on any atom is 0.126 e. The summed E-state index contributed by atoms with van der Waals surface area (Å²) >= 11 is 12.1. The van der Waals surface area contributed by atoms with Crippen molar-refractivity contribution in [3.63, 3.8) is 0 Å². The summed E-state index contributed by atoms with van der Waals surface area (Å²) < 4.78 is 25.0. The molecule has 1 aliphatic rings. The molecule has 0 unspecified atom stereocenters. The molecule has 1 heterocycles. The van der Waals surface area contributed by atoms with Gasteiger partial charge < -0.3 is 14.8 Å². The maximum absolute atomic E-state index is 13.3. The highest BCUT2D eigenvalue weighted by Gasteiger charge is 2.27. The summed E-state index contributed by atoms with van der Waals surface area (Å²) in [6.07, 6.45) is -0.164. The second-order valence-electron chi connectivity index (χ2n) is 5.70. The first-order valence-electron chi connectivity index (χ1n) is 7.79. The zero-order valence-electron chi connectivity index (χ0n) is 13.0. The quantitative estimate of drug-likeness (QED) is 0.861. The molecule has 1 N–H and O–H groups in total. The Hall–Kier alpha value is -1.33. The lowest BCUT2D eigenvalue weighted by atomic mass is 9.96. The minimum absolute atomic E-state index is 0.0630. The van der Waals surface area contributed by atoms with Crippen LogP contribution >= 0.6 is 23.2 Å². The van der Waals surface area contributed by atoms with Crippen molar-refractivity contribution >= 4 is 23.2 Å². The molecule has 24 heavy (non-hydrogen) atoms. The molecule has 0 amide bonds. The van der Waals surface area contributed by atoms with Crippen LogP contribution in [-0.4, -0.2) is 26.3 Å². The predicted molar refractivity (Wildman–Crippen MR) is 93.4 cm³/mol. The van der Waals surface area contributed by atoms with Gasteiger partial charge in [-0.05, 0) is 29.8 Å². The Kier molecular flexibility index (Phi) is 5.95. The zero-order valence-corrected chi connectivity index (χ0v) is 14.5. The minimum Gasteiger partial charge on any atom is -0.493 e. The predicted octanol–water partition coefficient (Wildman–Crippen LogP) is 4.49. The van der Waals surface area contributed by atoms with E-state index in [4.69, 9.17) is 32.7 Å². The fourth-order valence-corrected chi connectivity index (χ4v) is 3.06. The third-order valence-electron chi connectivity index (χ3n) is 3.94. The van der Waals surface area contributed by atoms with E-state index in [1.807, 2.05) is 12.1 Å². The smallest absolute Gasteiger partial charge is 0.126 e. The molecular weight excluding hydrogens is 352 g/mol. The van der Waals surface area contributed by atoms with Crippen LogP contribution in [0.25, 0.3) is 0 Å². The van der Waals surface area contributed by atoms with Crippen molar-refractivity contribution in [3.05, 3.63) is 63.9 Å². The molecule has 0 aromatic heterocycles. The summed E-state index contributed by atoms with van der Waals surface area (Å²) in [5, 5.41) is 4.35. The Morgan fingerprint density at radius 2 is 2.04 bits per heavy atom. The van der Waals surface area contributed by atoms with Crippen LogP contribution in [0, 0.1) is 11.7 Å². The first kappa shape index (κ1) is 17.5. The van der Waals surface area contributed by atoms with Crippen molar-refractivity contribution < 1.29 is 13.9 Å². The number of benzene rings is 2. The number of halogens is 3. The number of hydrogen-bond donors (Lipinski definition) is 1. The molecule has 2 atom stereocenters. The van der Waals surface area contributed by atoms with Crippen LogP contribution in [0.2, 0.25) is 10.0 Å². The molecule has 0 radical (unpaired) electrons. The standard InChI is InChI=1S/C18H18Cl2FNO2/c19-16-5-4-12(8-17(16)20)18-13(10-22-6-7-23-18)11-24-15-3-1-2-14(21)9-15/h1-5,8-9,13,18,22H,6-7,10-11H2/t13-,18-/m0/s1. The van der Waals surface area contributed by atoms with Crippen LogP contribution < -0.4 is 10.1 Å². The summed E-state index contributed by atoms with van der Waals surface area (Å²) in [5.74, 6) is 0.254. The second kappa shape index (κ2) is 8.17. The van der Waals surface area contributed by atoms with Crippen molar-refractivity contribution in [3.8, 4) is 5.75 Å². The van der Waals surface area contributed by atoms with Crippen molar-refractivity contribution in [2.75, 3.05) is 26.3 Å². The second-order valence-corrected chi connectivity index (χ2v) is 6.51. The van der Waals surface area contributed by atoms with E-state index < -0.39 is 0 Å². The molecule has 2 aromatic carbocycles. The maximum atomic E-state index is 13.3. The lowest BCUT2D eigenvalue weighted by Crippen LogP contribution is -2.29. The molecule has 1 saturated heterocycles. The van der Waals surface area contributed by atoms with Gasteiger partial charge in [-0.25, -0.2) is 4.39 Å². The van der Waals surface area contributed by atoms with Gasteiger partial charge in [0.05, 0.1) is 29.4 Å². The SMILES string of the molecule is Fc1cccc(OC[C@@H]2CNCCO[C@H]2c2ccc(Cl)c(Cl)c2)c1. The molecular formula is C18H18Cl2FNO2. The van der Waals surface area contributed by atoms with Crippen LogP contribution in [0.15, 0.2) is 42.5 Å². The number of rotatable bonds is 4. The van der Waals surface area contributed by atoms with Gasteiger partial charge in [0.2, 0.25) is 0 Å². The van der Waals surface area contributed by atoms with Crippen LogP contribution in [0.1, 0.15) is 11.7 Å². The first-order valence-corrected chi connectivity index (χ1v) is 8.55. The molecule has 128 valence electrons. The molecule has 0 saturated carbocycles. The summed E-state index contributed by atoms with van der Waals surface area (Å²) in [7, 11) is 0.